The Labute approximate surface area is 106 Å². The van der Waals surface area contributed by atoms with Crippen LogP contribution < -0.4 is 5.73 Å². The lowest BCUT2D eigenvalue weighted by Crippen LogP contribution is -2.48. The van der Waals surface area contributed by atoms with Gasteiger partial charge in [0.1, 0.15) is 0 Å². The third kappa shape index (κ3) is 3.44. The van der Waals surface area contributed by atoms with Crippen LogP contribution in [0.4, 0.5) is 0 Å². The second-order valence-corrected chi connectivity index (χ2v) is 6.03. The molecule has 2 atom stereocenters. The van der Waals surface area contributed by atoms with E-state index in [9.17, 15) is 4.79 Å². The number of hydrogen-bond donors (Lipinski definition) is 1. The lowest BCUT2D eigenvalue weighted by molar-refractivity contribution is -0.140. The van der Waals surface area contributed by atoms with Crippen molar-refractivity contribution in [2.75, 3.05) is 13.6 Å². The maximum atomic E-state index is 12.5. The predicted molar refractivity (Wildman–Crippen MR) is 71.6 cm³/mol. The lowest BCUT2D eigenvalue weighted by atomic mass is 9.80. The van der Waals surface area contributed by atoms with E-state index in [1.54, 1.807) is 0 Å². The van der Waals surface area contributed by atoms with Gasteiger partial charge in [0.2, 0.25) is 5.91 Å². The fraction of sp³-hybridized carbons (Fsp3) is 0.929. The van der Waals surface area contributed by atoms with Crippen LogP contribution in [-0.2, 0) is 4.79 Å². The molecule has 3 nitrogen and oxygen atoms in total. The van der Waals surface area contributed by atoms with Gasteiger partial charge in [0, 0.05) is 18.5 Å². The zero-order valence-electron chi connectivity index (χ0n) is 11.8. The van der Waals surface area contributed by atoms with E-state index in [-0.39, 0.29) is 11.5 Å². The van der Waals surface area contributed by atoms with Crippen molar-refractivity contribution < 1.29 is 4.79 Å². The predicted octanol–water partition coefficient (Wildman–Crippen LogP) is 2.40. The molecule has 1 saturated carbocycles. The van der Waals surface area contributed by atoms with Crippen LogP contribution in [0.2, 0.25) is 0 Å². The molecular formula is C14H28N2O. The van der Waals surface area contributed by atoms with Gasteiger partial charge in [0.25, 0.3) is 0 Å². The molecule has 0 bridgehead atoms. The topological polar surface area (TPSA) is 46.3 Å². The van der Waals surface area contributed by atoms with Crippen LogP contribution in [0.15, 0.2) is 0 Å². The first-order valence-corrected chi connectivity index (χ1v) is 6.90. The molecule has 1 aliphatic carbocycles. The van der Waals surface area contributed by atoms with Gasteiger partial charge in [-0.3, -0.25) is 4.79 Å². The average Bonchev–Trinajstić information content (AvgIpc) is 2.37. The molecule has 1 amide bonds. The molecule has 0 spiro atoms. The smallest absolute Gasteiger partial charge is 0.225 e. The molecule has 0 heterocycles. The van der Waals surface area contributed by atoms with Gasteiger partial charge < -0.3 is 10.6 Å². The molecule has 1 fully saturated rings. The first-order chi connectivity index (χ1) is 7.92. The molecule has 100 valence electrons. The maximum Gasteiger partial charge on any atom is 0.225 e. The van der Waals surface area contributed by atoms with Crippen LogP contribution in [0.5, 0.6) is 0 Å². The molecule has 0 aromatic heterocycles. The minimum atomic E-state index is -0.0350. The molecule has 1 aliphatic rings. The van der Waals surface area contributed by atoms with E-state index in [1.165, 1.54) is 6.42 Å². The largest absolute Gasteiger partial charge is 0.340 e. The summed E-state index contributed by atoms with van der Waals surface area (Å²) in [6, 6.07) is 0. The molecule has 17 heavy (non-hydrogen) atoms. The second kappa shape index (κ2) is 5.85. The SMILES string of the molecule is CCC(C)(C)N(C)C(=O)C1CCCC(CN)C1. The Morgan fingerprint density at radius 2 is 2.06 bits per heavy atom. The van der Waals surface area contributed by atoms with Gasteiger partial charge >= 0.3 is 0 Å². The number of rotatable bonds is 4. The standard InChI is InChI=1S/C14H28N2O/c1-5-14(2,3)16(4)13(17)12-8-6-7-11(9-12)10-15/h11-12H,5-10,15H2,1-4H3. The number of hydrogen-bond acceptors (Lipinski definition) is 2. The minimum absolute atomic E-state index is 0.0350. The lowest BCUT2D eigenvalue weighted by Gasteiger charge is -2.39. The minimum Gasteiger partial charge on any atom is -0.340 e. The summed E-state index contributed by atoms with van der Waals surface area (Å²) in [6.07, 6.45) is 5.36. The molecule has 3 heteroatoms. The van der Waals surface area contributed by atoms with Crippen molar-refractivity contribution >= 4 is 5.91 Å². The van der Waals surface area contributed by atoms with Gasteiger partial charge in [-0.25, -0.2) is 0 Å². The van der Waals surface area contributed by atoms with Crippen molar-refractivity contribution in [1.82, 2.24) is 4.90 Å². The van der Waals surface area contributed by atoms with Gasteiger partial charge in [-0.05, 0) is 52.0 Å². The number of carbonyl (C=O) groups is 1. The summed E-state index contributed by atoms with van der Waals surface area (Å²) in [5, 5.41) is 0. The summed E-state index contributed by atoms with van der Waals surface area (Å²) in [5.41, 5.74) is 5.69. The second-order valence-electron chi connectivity index (χ2n) is 6.03. The molecule has 1 rings (SSSR count). The fourth-order valence-corrected chi connectivity index (χ4v) is 2.54. The highest BCUT2D eigenvalue weighted by Crippen LogP contribution is 2.31. The third-order valence-electron chi connectivity index (χ3n) is 4.57. The van der Waals surface area contributed by atoms with Crippen molar-refractivity contribution in [3.05, 3.63) is 0 Å². The number of nitrogens with two attached hydrogens (primary N) is 1. The van der Waals surface area contributed by atoms with E-state index in [0.29, 0.717) is 11.8 Å². The molecule has 0 saturated heterocycles. The maximum absolute atomic E-state index is 12.5. The zero-order chi connectivity index (χ0) is 13.1. The normalized spacial score (nSPS) is 25.7. The Bertz CT molecular complexity index is 263. The van der Waals surface area contributed by atoms with E-state index in [0.717, 1.165) is 32.2 Å². The number of nitrogens with zero attached hydrogens (tertiary/aromatic N) is 1. The Kier molecular flexibility index (Phi) is 4.99. The number of carbonyl (C=O) groups excluding carboxylic acids is 1. The monoisotopic (exact) mass is 240 g/mol. The van der Waals surface area contributed by atoms with Crippen LogP contribution in [0, 0.1) is 11.8 Å². The molecule has 0 radical (unpaired) electrons. The van der Waals surface area contributed by atoms with Crippen molar-refractivity contribution in [2.45, 2.75) is 58.4 Å². The van der Waals surface area contributed by atoms with E-state index in [4.69, 9.17) is 5.73 Å². The summed E-state index contributed by atoms with van der Waals surface area (Å²) in [4.78, 5) is 14.4. The van der Waals surface area contributed by atoms with Gasteiger partial charge in [-0.2, -0.15) is 0 Å². The fourth-order valence-electron chi connectivity index (χ4n) is 2.54. The van der Waals surface area contributed by atoms with Crippen LogP contribution in [0.1, 0.15) is 52.9 Å². The van der Waals surface area contributed by atoms with Crippen LogP contribution in [-0.4, -0.2) is 29.9 Å². The molecule has 0 aromatic carbocycles. The zero-order valence-corrected chi connectivity index (χ0v) is 11.8. The van der Waals surface area contributed by atoms with Crippen molar-refractivity contribution in [3.63, 3.8) is 0 Å². The highest BCUT2D eigenvalue weighted by atomic mass is 16.2. The van der Waals surface area contributed by atoms with E-state index < -0.39 is 0 Å². The highest BCUT2D eigenvalue weighted by molar-refractivity contribution is 5.79. The first kappa shape index (κ1) is 14.5. The van der Waals surface area contributed by atoms with Gasteiger partial charge in [-0.15, -0.1) is 0 Å². The Morgan fingerprint density at radius 3 is 2.59 bits per heavy atom. The highest BCUT2D eigenvalue weighted by Gasteiger charge is 2.33. The molecule has 2 N–H and O–H groups in total. The summed E-state index contributed by atoms with van der Waals surface area (Å²) >= 11 is 0. The Morgan fingerprint density at radius 1 is 1.41 bits per heavy atom. The van der Waals surface area contributed by atoms with E-state index in [2.05, 4.69) is 20.8 Å². The molecule has 0 aliphatic heterocycles. The third-order valence-corrected chi connectivity index (χ3v) is 4.57. The quantitative estimate of drug-likeness (QED) is 0.820. The molecular weight excluding hydrogens is 212 g/mol. The summed E-state index contributed by atoms with van der Waals surface area (Å²) in [6.45, 7) is 7.13. The summed E-state index contributed by atoms with van der Waals surface area (Å²) in [7, 11) is 1.94. The summed E-state index contributed by atoms with van der Waals surface area (Å²) < 4.78 is 0. The van der Waals surface area contributed by atoms with E-state index >= 15 is 0 Å². The Balaban J connectivity index is 2.63. The van der Waals surface area contributed by atoms with Gasteiger partial charge in [0.15, 0.2) is 0 Å². The van der Waals surface area contributed by atoms with Crippen molar-refractivity contribution in [2.24, 2.45) is 17.6 Å². The van der Waals surface area contributed by atoms with Gasteiger partial charge in [0.05, 0.1) is 0 Å². The molecule has 0 aromatic rings. The van der Waals surface area contributed by atoms with Crippen molar-refractivity contribution in [3.8, 4) is 0 Å². The molecule has 2 unspecified atom stereocenters. The first-order valence-electron chi connectivity index (χ1n) is 6.90. The Hall–Kier alpha value is -0.570. The van der Waals surface area contributed by atoms with Crippen molar-refractivity contribution in [1.29, 1.82) is 0 Å². The van der Waals surface area contributed by atoms with Gasteiger partial charge in [-0.1, -0.05) is 13.3 Å². The van der Waals surface area contributed by atoms with E-state index in [1.807, 2.05) is 11.9 Å². The van der Waals surface area contributed by atoms with Crippen LogP contribution in [0.25, 0.3) is 0 Å². The van der Waals surface area contributed by atoms with Crippen LogP contribution in [0.3, 0.4) is 0 Å². The summed E-state index contributed by atoms with van der Waals surface area (Å²) in [5.74, 6) is 1.07. The number of amides is 1. The van der Waals surface area contributed by atoms with Crippen LogP contribution >= 0.6 is 0 Å². The average molecular weight is 240 g/mol.